The fourth-order valence-electron chi connectivity index (χ4n) is 4.12. The van der Waals surface area contributed by atoms with Crippen LogP contribution in [0.5, 0.6) is 5.75 Å². The summed E-state index contributed by atoms with van der Waals surface area (Å²) < 4.78 is 21.2. The molecule has 1 N–H and O–H groups in total. The van der Waals surface area contributed by atoms with Crippen molar-refractivity contribution in [2.24, 2.45) is 5.92 Å². The normalized spacial score (nSPS) is 11.1. The number of anilines is 1. The van der Waals surface area contributed by atoms with Crippen molar-refractivity contribution in [1.82, 2.24) is 4.57 Å². The smallest absolute Gasteiger partial charge is 0.412 e. The zero-order valence-electron chi connectivity index (χ0n) is 19.9. The molecule has 1 amide bonds. The second-order valence-corrected chi connectivity index (χ2v) is 8.84. The summed E-state index contributed by atoms with van der Waals surface area (Å²) >= 11 is 0. The number of pyridine rings is 1. The number of amides is 1. The molecule has 0 spiro atoms. The Balaban J connectivity index is 1.99. The van der Waals surface area contributed by atoms with Crippen LogP contribution >= 0.6 is 0 Å². The van der Waals surface area contributed by atoms with Gasteiger partial charge in [-0.25, -0.2) is 9.18 Å². The molecule has 3 aromatic carbocycles. The number of fused-ring (bicyclic) bond motifs is 1. The molecule has 180 valence electrons. The number of nitrogens with zero attached hydrogens (tertiary/aromatic N) is 2. The largest absolute Gasteiger partial charge is 0.489 e. The van der Waals surface area contributed by atoms with E-state index in [2.05, 4.69) is 0 Å². The van der Waals surface area contributed by atoms with Crippen molar-refractivity contribution in [3.63, 3.8) is 0 Å². The predicted octanol–water partition coefficient (Wildman–Crippen LogP) is 6.16. The summed E-state index contributed by atoms with van der Waals surface area (Å²) in [5.41, 5.74) is 1.81. The Labute approximate surface area is 202 Å². The van der Waals surface area contributed by atoms with Gasteiger partial charge in [0.05, 0.1) is 0 Å². The Morgan fingerprint density at radius 2 is 1.71 bits per heavy atom. The van der Waals surface area contributed by atoms with Crippen molar-refractivity contribution >= 4 is 22.7 Å². The third-order valence-corrected chi connectivity index (χ3v) is 5.75. The Morgan fingerprint density at radius 1 is 1.03 bits per heavy atom. The number of hydrogen-bond donors (Lipinski definition) is 1. The van der Waals surface area contributed by atoms with Crippen molar-refractivity contribution in [3.05, 3.63) is 94.5 Å². The van der Waals surface area contributed by atoms with E-state index < -0.39 is 11.9 Å². The van der Waals surface area contributed by atoms with Gasteiger partial charge in [0.25, 0.3) is 5.56 Å². The molecule has 0 fully saturated rings. The van der Waals surface area contributed by atoms with Gasteiger partial charge < -0.3 is 9.84 Å². The fraction of sp³-hybridized carbons (Fsp3) is 0.214. The van der Waals surface area contributed by atoms with E-state index in [1.165, 1.54) is 23.7 Å². The van der Waals surface area contributed by atoms with Crippen molar-refractivity contribution in [2.75, 3.05) is 11.9 Å². The van der Waals surface area contributed by atoms with Crippen LogP contribution in [0.25, 0.3) is 21.9 Å². The van der Waals surface area contributed by atoms with Crippen LogP contribution in [0, 0.1) is 11.7 Å². The van der Waals surface area contributed by atoms with Gasteiger partial charge >= 0.3 is 6.09 Å². The summed E-state index contributed by atoms with van der Waals surface area (Å²) in [5.74, 6) is 0.444. The molecule has 35 heavy (non-hydrogen) atoms. The van der Waals surface area contributed by atoms with Crippen LogP contribution < -0.4 is 15.2 Å². The highest BCUT2D eigenvalue weighted by Gasteiger charge is 2.25. The predicted molar refractivity (Wildman–Crippen MR) is 136 cm³/mol. The average molecular weight is 475 g/mol. The third-order valence-electron chi connectivity index (χ3n) is 5.75. The third kappa shape index (κ3) is 5.04. The minimum atomic E-state index is -1.21. The van der Waals surface area contributed by atoms with Crippen LogP contribution in [0.3, 0.4) is 0 Å². The zero-order chi connectivity index (χ0) is 25.1. The summed E-state index contributed by atoms with van der Waals surface area (Å²) in [6.45, 7) is 4.57. The quantitative estimate of drug-likeness (QED) is 0.348. The molecule has 0 aliphatic rings. The maximum atomic E-state index is 13.8. The summed E-state index contributed by atoms with van der Waals surface area (Å²) in [4.78, 5) is 26.7. The van der Waals surface area contributed by atoms with Crippen molar-refractivity contribution in [3.8, 4) is 16.9 Å². The maximum absolute atomic E-state index is 13.8. The van der Waals surface area contributed by atoms with Gasteiger partial charge in [-0.05, 0) is 47.4 Å². The highest BCUT2D eigenvalue weighted by Crippen LogP contribution is 2.38. The van der Waals surface area contributed by atoms with E-state index in [1.54, 1.807) is 30.3 Å². The molecule has 0 unspecified atom stereocenters. The maximum Gasteiger partial charge on any atom is 0.412 e. The standard InChI is InChI=1S/C28H27FN2O4/c1-18(2)16-31-26(30(3)28(33)34)25(20-9-11-21(29)12-10-20)24-15-22(13-14-23(24)27(31)32)35-17-19-7-5-4-6-8-19/h4-15,18H,16-17H2,1-3H3,(H,33,34). The molecule has 6 nitrogen and oxygen atoms in total. The molecule has 0 bridgehead atoms. The molecule has 1 heterocycles. The monoisotopic (exact) mass is 474 g/mol. The van der Waals surface area contributed by atoms with Crippen LogP contribution in [-0.4, -0.2) is 22.8 Å². The Hall–Kier alpha value is -4.13. The lowest BCUT2D eigenvalue weighted by molar-refractivity contribution is 0.203. The van der Waals surface area contributed by atoms with Gasteiger partial charge in [-0.15, -0.1) is 0 Å². The van der Waals surface area contributed by atoms with Gasteiger partial charge in [0.15, 0.2) is 0 Å². The Morgan fingerprint density at radius 3 is 2.34 bits per heavy atom. The van der Waals surface area contributed by atoms with E-state index in [-0.39, 0.29) is 17.3 Å². The lowest BCUT2D eigenvalue weighted by Crippen LogP contribution is -2.34. The summed E-state index contributed by atoms with van der Waals surface area (Å²) in [5, 5.41) is 10.8. The number of carboxylic acid groups (broad SMARTS) is 1. The molecule has 0 atom stereocenters. The highest BCUT2D eigenvalue weighted by atomic mass is 19.1. The zero-order valence-corrected chi connectivity index (χ0v) is 19.9. The second-order valence-electron chi connectivity index (χ2n) is 8.84. The molecule has 0 aliphatic carbocycles. The summed E-state index contributed by atoms with van der Waals surface area (Å²) in [7, 11) is 1.41. The molecule has 4 aromatic rings. The first-order valence-electron chi connectivity index (χ1n) is 11.4. The Bertz CT molecular complexity index is 1410. The van der Waals surface area contributed by atoms with Gasteiger partial charge in [-0.2, -0.15) is 0 Å². The molecule has 0 saturated heterocycles. The number of halogens is 1. The van der Waals surface area contributed by atoms with Gasteiger partial charge in [0.2, 0.25) is 0 Å². The van der Waals surface area contributed by atoms with Gasteiger partial charge in [0.1, 0.15) is 24.0 Å². The average Bonchev–Trinajstić information content (AvgIpc) is 2.84. The van der Waals surface area contributed by atoms with E-state index in [0.29, 0.717) is 40.8 Å². The molecule has 0 radical (unpaired) electrons. The summed E-state index contributed by atoms with van der Waals surface area (Å²) in [6, 6.07) is 20.7. The second kappa shape index (κ2) is 10.0. The molecule has 0 aliphatic heterocycles. The van der Waals surface area contributed by atoms with Crippen molar-refractivity contribution < 1.29 is 19.0 Å². The number of rotatable bonds is 7. The minimum Gasteiger partial charge on any atom is -0.489 e. The topological polar surface area (TPSA) is 71.8 Å². The van der Waals surface area contributed by atoms with E-state index in [1.807, 2.05) is 44.2 Å². The molecule has 4 rings (SSSR count). The van der Waals surface area contributed by atoms with Gasteiger partial charge in [-0.3, -0.25) is 14.3 Å². The van der Waals surface area contributed by atoms with E-state index >= 15 is 0 Å². The minimum absolute atomic E-state index is 0.0839. The number of aromatic nitrogens is 1. The first-order chi connectivity index (χ1) is 16.8. The number of ether oxygens (including phenoxy) is 1. The molecule has 0 saturated carbocycles. The highest BCUT2D eigenvalue weighted by molar-refractivity contribution is 6.05. The number of benzene rings is 3. The lowest BCUT2D eigenvalue weighted by atomic mass is 9.98. The first kappa shape index (κ1) is 24.0. The van der Waals surface area contributed by atoms with Gasteiger partial charge in [-0.1, -0.05) is 56.3 Å². The van der Waals surface area contributed by atoms with Crippen molar-refractivity contribution in [1.29, 1.82) is 0 Å². The first-order valence-corrected chi connectivity index (χ1v) is 11.4. The molecule has 7 heteroatoms. The van der Waals surface area contributed by atoms with Crippen molar-refractivity contribution in [2.45, 2.75) is 27.0 Å². The van der Waals surface area contributed by atoms with Crippen LogP contribution in [0.4, 0.5) is 15.0 Å². The van der Waals surface area contributed by atoms with Crippen LogP contribution in [0.1, 0.15) is 19.4 Å². The Kier molecular flexibility index (Phi) is 6.87. The number of carbonyl (C=O) groups is 1. The van der Waals surface area contributed by atoms with Crippen LogP contribution in [-0.2, 0) is 13.2 Å². The SMILES string of the molecule is CC(C)Cn1c(N(C)C(=O)O)c(-c2ccc(F)cc2)c2cc(OCc3ccccc3)ccc2c1=O. The van der Waals surface area contributed by atoms with Crippen LogP contribution in [0.15, 0.2) is 77.6 Å². The molecule has 1 aromatic heterocycles. The number of hydrogen-bond acceptors (Lipinski definition) is 3. The molecular weight excluding hydrogens is 447 g/mol. The van der Waals surface area contributed by atoms with Gasteiger partial charge in [0, 0.05) is 29.9 Å². The van der Waals surface area contributed by atoms with E-state index in [4.69, 9.17) is 4.74 Å². The summed E-state index contributed by atoms with van der Waals surface area (Å²) in [6.07, 6.45) is -1.21. The molecular formula is C28H27FN2O4. The lowest BCUT2D eigenvalue weighted by Gasteiger charge is -2.26. The van der Waals surface area contributed by atoms with E-state index in [0.717, 1.165) is 10.5 Å². The van der Waals surface area contributed by atoms with Crippen LogP contribution in [0.2, 0.25) is 0 Å². The fourth-order valence-corrected chi connectivity index (χ4v) is 4.12. The van der Waals surface area contributed by atoms with E-state index in [9.17, 15) is 19.1 Å².